The second-order valence-electron chi connectivity index (χ2n) is 13.7. The maximum Gasteiger partial charge on any atom is 0.417 e. The number of ether oxygens (including phenoxy) is 2. The standard InChI is InChI=1S/C39H43F3N6O7/c1-38(53,37(52)44-29-9-8-28(23-43)32(22-29)39(40,41)42)25-55-30-10-6-26(7-11-30)24-48-17-15-47(16-18-48)14-3-19-54-31-5-2-4-27(20-31)21-35(50)45-33-12-13-34(49)46-36(33)51/h2,4-11,20,22,33,53H,3,12-19,21,24-25H2,1H3,(H,44,52)(H,45,50)(H,46,49,51). The summed E-state index contributed by atoms with van der Waals surface area (Å²) in [7, 11) is 0. The molecule has 0 bridgehead atoms. The van der Waals surface area contributed by atoms with Gasteiger partial charge in [0.15, 0.2) is 5.60 Å². The Hall–Kier alpha value is -5.50. The number of nitrogens with one attached hydrogen (secondary N) is 3. The Bertz CT molecular complexity index is 1890. The van der Waals surface area contributed by atoms with Crippen LogP contribution in [-0.4, -0.2) is 96.1 Å². The molecule has 3 aromatic rings. The van der Waals surface area contributed by atoms with E-state index in [1.807, 2.05) is 36.4 Å². The summed E-state index contributed by atoms with van der Waals surface area (Å²) in [5.74, 6) is -1.02. The number of nitrogens with zero attached hydrogens (tertiary/aromatic N) is 3. The van der Waals surface area contributed by atoms with Gasteiger partial charge in [-0.05, 0) is 73.4 Å². The van der Waals surface area contributed by atoms with E-state index < -0.39 is 47.4 Å². The van der Waals surface area contributed by atoms with Crippen LogP contribution in [0.3, 0.4) is 0 Å². The number of piperidine rings is 1. The quantitative estimate of drug-likeness (QED) is 0.133. The van der Waals surface area contributed by atoms with E-state index in [1.54, 1.807) is 12.1 Å². The number of anilines is 1. The van der Waals surface area contributed by atoms with E-state index >= 15 is 0 Å². The van der Waals surface area contributed by atoms with Crippen LogP contribution in [0.25, 0.3) is 0 Å². The van der Waals surface area contributed by atoms with Gasteiger partial charge in [0.2, 0.25) is 17.7 Å². The summed E-state index contributed by atoms with van der Waals surface area (Å²) in [6, 6.07) is 18.0. The van der Waals surface area contributed by atoms with Crippen molar-refractivity contribution >= 4 is 29.3 Å². The van der Waals surface area contributed by atoms with Crippen molar-refractivity contribution in [2.45, 2.75) is 57.0 Å². The van der Waals surface area contributed by atoms with Crippen molar-refractivity contribution in [2.75, 3.05) is 51.3 Å². The predicted molar refractivity (Wildman–Crippen MR) is 194 cm³/mol. The molecular weight excluding hydrogens is 721 g/mol. The van der Waals surface area contributed by atoms with Crippen LogP contribution in [0.15, 0.2) is 66.7 Å². The molecule has 0 aromatic heterocycles. The van der Waals surface area contributed by atoms with Gasteiger partial charge in [0.05, 0.1) is 30.2 Å². The Morgan fingerprint density at radius 3 is 2.38 bits per heavy atom. The largest absolute Gasteiger partial charge is 0.494 e. The predicted octanol–water partition coefficient (Wildman–Crippen LogP) is 3.40. The average Bonchev–Trinajstić information content (AvgIpc) is 3.14. The Kier molecular flexibility index (Phi) is 13.5. The number of hydrogen-bond acceptors (Lipinski definition) is 10. The number of alkyl halides is 3. The monoisotopic (exact) mass is 764 g/mol. The number of amides is 4. The SMILES string of the molecule is CC(O)(COc1ccc(CN2CCN(CCCOc3cccc(CC(=O)NC4CCC(=O)NC4=O)c3)CC2)cc1)C(=O)Nc1ccc(C#N)c(C(F)(F)F)c1. The molecule has 2 atom stereocenters. The number of hydrogen-bond donors (Lipinski definition) is 4. The van der Waals surface area contributed by atoms with Crippen LogP contribution in [-0.2, 0) is 38.3 Å². The third-order valence-electron chi connectivity index (χ3n) is 9.23. The van der Waals surface area contributed by atoms with Gasteiger partial charge >= 0.3 is 6.18 Å². The van der Waals surface area contributed by atoms with Gasteiger partial charge in [-0.1, -0.05) is 24.3 Å². The molecule has 16 heteroatoms. The second-order valence-corrected chi connectivity index (χ2v) is 13.7. The van der Waals surface area contributed by atoms with Gasteiger partial charge in [-0.2, -0.15) is 18.4 Å². The van der Waals surface area contributed by atoms with Gasteiger partial charge in [-0.25, -0.2) is 0 Å². The number of carbonyl (C=O) groups is 4. The molecule has 2 saturated heterocycles. The maximum absolute atomic E-state index is 13.3. The average molecular weight is 765 g/mol. The second kappa shape index (κ2) is 18.2. The summed E-state index contributed by atoms with van der Waals surface area (Å²) in [5.41, 5.74) is -2.25. The van der Waals surface area contributed by atoms with Crippen molar-refractivity contribution in [3.8, 4) is 17.6 Å². The highest BCUT2D eigenvalue weighted by atomic mass is 19.4. The van der Waals surface area contributed by atoms with Crippen LogP contribution >= 0.6 is 0 Å². The zero-order valence-corrected chi connectivity index (χ0v) is 30.3. The van der Waals surface area contributed by atoms with Crippen LogP contribution in [0, 0.1) is 11.3 Å². The molecular formula is C39H43F3N6O7. The molecule has 2 aliphatic rings. The smallest absolute Gasteiger partial charge is 0.417 e. The molecule has 0 radical (unpaired) electrons. The van der Waals surface area contributed by atoms with E-state index in [2.05, 4.69) is 25.8 Å². The van der Waals surface area contributed by atoms with Crippen molar-refractivity contribution in [2.24, 2.45) is 0 Å². The number of aliphatic hydroxyl groups is 1. The lowest BCUT2D eigenvalue weighted by molar-refractivity contribution is -0.138. The van der Waals surface area contributed by atoms with Crippen molar-refractivity contribution in [1.82, 2.24) is 20.4 Å². The Morgan fingerprint density at radius 1 is 0.964 bits per heavy atom. The Labute approximate surface area is 316 Å². The summed E-state index contributed by atoms with van der Waals surface area (Å²) in [4.78, 5) is 53.1. The van der Waals surface area contributed by atoms with Gasteiger partial charge in [0.1, 0.15) is 24.1 Å². The number of imide groups is 1. The molecule has 0 saturated carbocycles. The number of piperazine rings is 1. The molecule has 3 aromatic carbocycles. The molecule has 4 amide bonds. The third-order valence-corrected chi connectivity index (χ3v) is 9.23. The minimum absolute atomic E-state index is 0.0886. The molecule has 2 heterocycles. The fourth-order valence-corrected chi connectivity index (χ4v) is 6.11. The van der Waals surface area contributed by atoms with Crippen molar-refractivity contribution in [1.29, 1.82) is 5.26 Å². The first kappa shape index (κ1) is 40.7. The number of benzene rings is 3. The van der Waals surface area contributed by atoms with Crippen molar-refractivity contribution < 1.29 is 46.9 Å². The van der Waals surface area contributed by atoms with Gasteiger partial charge in [0.25, 0.3) is 5.91 Å². The first-order valence-electron chi connectivity index (χ1n) is 17.8. The number of rotatable bonds is 15. The van der Waals surface area contributed by atoms with Crippen LogP contribution in [0.4, 0.5) is 18.9 Å². The minimum atomic E-state index is -4.79. The zero-order chi connectivity index (χ0) is 39.6. The molecule has 292 valence electrons. The van der Waals surface area contributed by atoms with Crippen LogP contribution in [0.5, 0.6) is 11.5 Å². The molecule has 2 aliphatic heterocycles. The van der Waals surface area contributed by atoms with E-state index in [0.717, 1.165) is 68.9 Å². The summed E-state index contributed by atoms with van der Waals surface area (Å²) < 4.78 is 51.4. The highest BCUT2D eigenvalue weighted by Crippen LogP contribution is 2.33. The van der Waals surface area contributed by atoms with Gasteiger partial charge in [-0.15, -0.1) is 0 Å². The van der Waals surface area contributed by atoms with Crippen LogP contribution in [0.2, 0.25) is 0 Å². The molecule has 55 heavy (non-hydrogen) atoms. The zero-order valence-electron chi connectivity index (χ0n) is 30.3. The Morgan fingerprint density at radius 2 is 1.69 bits per heavy atom. The van der Waals surface area contributed by atoms with Gasteiger partial charge < -0.3 is 30.1 Å². The summed E-state index contributed by atoms with van der Waals surface area (Å²) in [6.45, 7) is 6.41. The maximum atomic E-state index is 13.3. The third kappa shape index (κ3) is 12.0. The molecule has 4 N–H and O–H groups in total. The van der Waals surface area contributed by atoms with E-state index in [1.165, 1.54) is 13.0 Å². The lowest BCUT2D eigenvalue weighted by Gasteiger charge is -2.34. The molecule has 5 rings (SSSR count). The minimum Gasteiger partial charge on any atom is -0.494 e. The molecule has 0 spiro atoms. The summed E-state index contributed by atoms with van der Waals surface area (Å²) >= 11 is 0. The number of nitriles is 1. The molecule has 0 aliphatic carbocycles. The lowest BCUT2D eigenvalue weighted by atomic mass is 10.1. The molecule has 2 unspecified atom stereocenters. The van der Waals surface area contributed by atoms with Gasteiger partial charge in [0, 0.05) is 51.4 Å². The van der Waals surface area contributed by atoms with Crippen LogP contribution in [0.1, 0.15) is 48.4 Å². The molecule has 2 fully saturated rings. The number of halogens is 3. The Balaban J connectivity index is 0.973. The highest BCUT2D eigenvalue weighted by Gasteiger charge is 2.36. The van der Waals surface area contributed by atoms with E-state index in [9.17, 15) is 37.5 Å². The van der Waals surface area contributed by atoms with Crippen molar-refractivity contribution in [3.63, 3.8) is 0 Å². The molecule has 13 nitrogen and oxygen atoms in total. The summed E-state index contributed by atoms with van der Waals surface area (Å²) in [6.07, 6.45) is -3.40. The van der Waals surface area contributed by atoms with E-state index in [4.69, 9.17) is 14.7 Å². The first-order valence-corrected chi connectivity index (χ1v) is 17.8. The van der Waals surface area contributed by atoms with Crippen molar-refractivity contribution in [3.05, 3.63) is 89.0 Å². The van der Waals surface area contributed by atoms with Gasteiger partial charge in [-0.3, -0.25) is 29.4 Å². The fourth-order valence-electron chi connectivity index (χ4n) is 6.11. The lowest BCUT2D eigenvalue weighted by Crippen LogP contribution is -2.52. The number of carbonyl (C=O) groups excluding carboxylic acids is 4. The normalized spacial score (nSPS) is 17.7. The highest BCUT2D eigenvalue weighted by molar-refractivity contribution is 6.01. The topological polar surface area (TPSA) is 173 Å². The van der Waals surface area contributed by atoms with E-state index in [-0.39, 0.29) is 36.8 Å². The first-order chi connectivity index (χ1) is 26.2. The van der Waals surface area contributed by atoms with Crippen LogP contribution < -0.4 is 25.4 Å². The van der Waals surface area contributed by atoms with E-state index in [0.29, 0.717) is 24.2 Å². The summed E-state index contributed by atoms with van der Waals surface area (Å²) in [5, 5.41) is 26.8. The fraction of sp³-hybridized carbons (Fsp3) is 0.410.